The van der Waals surface area contributed by atoms with E-state index in [1.807, 2.05) is 61.5 Å². The number of hydrogen-bond acceptors (Lipinski definition) is 6. The smallest absolute Gasteiger partial charge is 0.252 e. The van der Waals surface area contributed by atoms with Crippen molar-refractivity contribution < 1.29 is 23.9 Å². The Bertz CT molecular complexity index is 1520. The van der Waals surface area contributed by atoms with E-state index in [2.05, 4.69) is 15.6 Å². The van der Waals surface area contributed by atoms with Crippen LogP contribution in [-0.4, -0.2) is 54.0 Å². The van der Waals surface area contributed by atoms with Gasteiger partial charge in [0.15, 0.2) is 0 Å². The average Bonchev–Trinajstić information content (AvgIpc) is 3.53. The van der Waals surface area contributed by atoms with E-state index in [4.69, 9.17) is 9.47 Å². The van der Waals surface area contributed by atoms with Crippen LogP contribution in [0.2, 0.25) is 0 Å². The zero-order chi connectivity index (χ0) is 29.3. The lowest BCUT2D eigenvalue weighted by Crippen LogP contribution is -2.45. The Morgan fingerprint density at radius 2 is 1.98 bits per heavy atom. The minimum absolute atomic E-state index is 0.0415. The molecule has 9 nitrogen and oxygen atoms in total. The highest BCUT2D eigenvalue weighted by Gasteiger charge is 2.51. The summed E-state index contributed by atoms with van der Waals surface area (Å²) in [5, 5.41) is 5.92. The van der Waals surface area contributed by atoms with Gasteiger partial charge in [-0.2, -0.15) is 0 Å². The van der Waals surface area contributed by atoms with Crippen molar-refractivity contribution in [2.24, 2.45) is 0 Å². The molecule has 1 fully saturated rings. The highest BCUT2D eigenvalue weighted by molar-refractivity contribution is 6.06. The van der Waals surface area contributed by atoms with Crippen LogP contribution in [0.15, 0.2) is 60.8 Å². The van der Waals surface area contributed by atoms with Crippen LogP contribution in [0.5, 0.6) is 0 Å². The van der Waals surface area contributed by atoms with Crippen LogP contribution in [-0.2, 0) is 48.7 Å². The van der Waals surface area contributed by atoms with Gasteiger partial charge in [-0.15, -0.1) is 0 Å². The van der Waals surface area contributed by atoms with Crippen molar-refractivity contribution in [3.05, 3.63) is 88.6 Å². The number of carbonyl (C=O) groups excluding carboxylic acids is 3. The molecule has 1 aromatic heterocycles. The topological polar surface area (TPSA) is 110 Å². The maximum atomic E-state index is 13.6. The largest absolute Gasteiger partial charge is 0.377 e. The predicted octanol–water partition coefficient (Wildman–Crippen LogP) is 4.31. The van der Waals surface area contributed by atoms with Crippen LogP contribution in [0.3, 0.4) is 0 Å². The Morgan fingerprint density at radius 3 is 2.79 bits per heavy atom. The van der Waals surface area contributed by atoms with Crippen molar-refractivity contribution in [2.45, 2.75) is 63.2 Å². The van der Waals surface area contributed by atoms with E-state index in [9.17, 15) is 14.4 Å². The lowest BCUT2D eigenvalue weighted by Gasteiger charge is -2.30. The summed E-state index contributed by atoms with van der Waals surface area (Å²) in [6.07, 6.45) is 4.59. The van der Waals surface area contributed by atoms with Gasteiger partial charge in [0.1, 0.15) is 18.5 Å². The number of nitrogens with zero attached hydrogens (tertiary/aromatic N) is 2. The molecule has 3 atom stereocenters. The minimum atomic E-state index is -0.676. The molecule has 2 aliphatic heterocycles. The number of fused-ring (bicyclic) bond motifs is 3. The molecule has 0 saturated carbocycles. The first-order valence-electron chi connectivity index (χ1n) is 14.6. The molecule has 42 heavy (non-hydrogen) atoms. The predicted molar refractivity (Wildman–Crippen MR) is 158 cm³/mol. The van der Waals surface area contributed by atoms with E-state index in [0.717, 1.165) is 40.7 Å². The van der Waals surface area contributed by atoms with Gasteiger partial charge in [-0.25, -0.2) is 4.98 Å². The molecule has 3 unspecified atom stereocenters. The fourth-order valence-corrected chi connectivity index (χ4v) is 6.48. The van der Waals surface area contributed by atoms with Gasteiger partial charge in [-0.1, -0.05) is 36.4 Å². The van der Waals surface area contributed by atoms with Gasteiger partial charge in [0.2, 0.25) is 11.8 Å². The van der Waals surface area contributed by atoms with Crippen LogP contribution in [0.25, 0.3) is 0 Å². The molecule has 6 rings (SSSR count). The Kier molecular flexibility index (Phi) is 7.79. The molecule has 9 heteroatoms. The van der Waals surface area contributed by atoms with Crippen LogP contribution in [0.1, 0.15) is 60.1 Å². The van der Waals surface area contributed by atoms with E-state index in [1.165, 1.54) is 0 Å². The summed E-state index contributed by atoms with van der Waals surface area (Å²) in [6, 6.07) is 17.4. The summed E-state index contributed by atoms with van der Waals surface area (Å²) in [5.41, 5.74) is 4.87. The Morgan fingerprint density at radius 1 is 1.14 bits per heavy atom. The molecule has 1 saturated heterocycles. The molecule has 1 aliphatic carbocycles. The summed E-state index contributed by atoms with van der Waals surface area (Å²) in [4.78, 5) is 46.0. The Balaban J connectivity index is 1.19. The molecule has 0 bridgehead atoms. The van der Waals surface area contributed by atoms with Crippen LogP contribution in [0.4, 0.5) is 11.5 Å². The maximum absolute atomic E-state index is 13.6. The number of nitrogens with one attached hydrogen (secondary N) is 2. The molecule has 3 aromatic rings. The second kappa shape index (κ2) is 11.7. The first-order chi connectivity index (χ1) is 20.4. The second-order valence-electron chi connectivity index (χ2n) is 11.4. The Labute approximate surface area is 245 Å². The van der Waals surface area contributed by atoms with Crippen molar-refractivity contribution >= 4 is 29.2 Å². The summed E-state index contributed by atoms with van der Waals surface area (Å²) < 4.78 is 11.4. The van der Waals surface area contributed by atoms with E-state index < -0.39 is 11.5 Å². The summed E-state index contributed by atoms with van der Waals surface area (Å²) in [7, 11) is 1.65. The van der Waals surface area contributed by atoms with E-state index in [1.54, 1.807) is 18.2 Å². The van der Waals surface area contributed by atoms with Gasteiger partial charge >= 0.3 is 0 Å². The number of methoxy groups -OCH3 is 1. The fraction of sp³-hybridized carbons (Fsp3) is 0.394. The molecule has 2 aromatic carbocycles. The maximum Gasteiger partial charge on any atom is 0.252 e. The number of rotatable bonds is 8. The lowest BCUT2D eigenvalue weighted by molar-refractivity contribution is -0.148. The second-order valence-corrected chi connectivity index (χ2v) is 11.4. The summed E-state index contributed by atoms with van der Waals surface area (Å²) in [6.45, 7) is 2.66. The normalized spacial score (nSPS) is 21.4. The SMILES string of the molecule is COC(C)c1ccccc1CN(CC(=O)Nc1ccc2c(c1)CC1(C2)C(=O)Nc2ncccc21)C(=O)C1CCCCO1. The number of hydrogen-bond donors (Lipinski definition) is 2. The van der Waals surface area contributed by atoms with Gasteiger partial charge in [-0.05, 0) is 79.5 Å². The van der Waals surface area contributed by atoms with E-state index in [0.29, 0.717) is 37.4 Å². The van der Waals surface area contributed by atoms with Crippen molar-refractivity contribution in [2.75, 3.05) is 30.9 Å². The van der Waals surface area contributed by atoms with Gasteiger partial charge in [0.05, 0.1) is 11.5 Å². The number of amides is 3. The number of pyridine rings is 1. The van der Waals surface area contributed by atoms with E-state index >= 15 is 0 Å². The molecular formula is C33H36N4O5. The standard InChI is InChI=1S/C33H36N4O5/c1-21(41-2)26-9-4-3-8-23(26)19-37(31(39)28-11-5-6-15-42-28)20-29(38)35-25-13-12-22-17-33(18-24(22)16-25)27-10-7-14-34-30(27)36-32(33)40/h3-4,7-10,12-14,16,21,28H,5-6,11,15,17-20H2,1-2H3,(H,35,38)(H,34,36,40). The van der Waals surface area contributed by atoms with Crippen LogP contribution in [0, 0.1) is 0 Å². The highest BCUT2D eigenvalue weighted by atomic mass is 16.5. The van der Waals surface area contributed by atoms with E-state index in [-0.39, 0.29) is 36.9 Å². The highest BCUT2D eigenvalue weighted by Crippen LogP contribution is 2.47. The molecule has 3 amide bonds. The van der Waals surface area contributed by atoms with Gasteiger partial charge in [-0.3, -0.25) is 14.4 Å². The van der Waals surface area contributed by atoms with Crippen LogP contribution < -0.4 is 10.6 Å². The fourth-order valence-electron chi connectivity index (χ4n) is 6.48. The third kappa shape index (κ3) is 5.30. The van der Waals surface area contributed by atoms with Gasteiger partial charge < -0.3 is 25.0 Å². The van der Waals surface area contributed by atoms with Gasteiger partial charge in [0, 0.05) is 37.7 Å². The molecule has 3 heterocycles. The molecule has 3 aliphatic rings. The summed E-state index contributed by atoms with van der Waals surface area (Å²) in [5.74, 6) is 0.106. The first kappa shape index (κ1) is 28.1. The number of anilines is 2. The Hall–Kier alpha value is -4.08. The molecule has 0 radical (unpaired) electrons. The lowest BCUT2D eigenvalue weighted by atomic mass is 9.79. The third-order valence-corrected chi connectivity index (χ3v) is 8.77. The quantitative estimate of drug-likeness (QED) is 0.419. The number of benzene rings is 2. The zero-order valence-corrected chi connectivity index (χ0v) is 24.0. The van der Waals surface area contributed by atoms with Crippen molar-refractivity contribution in [1.29, 1.82) is 0 Å². The zero-order valence-electron chi connectivity index (χ0n) is 24.0. The molecular weight excluding hydrogens is 532 g/mol. The molecule has 1 spiro atoms. The molecule has 2 N–H and O–H groups in total. The number of aromatic nitrogens is 1. The monoisotopic (exact) mass is 568 g/mol. The van der Waals surface area contributed by atoms with Gasteiger partial charge in [0.25, 0.3) is 5.91 Å². The number of carbonyl (C=O) groups is 3. The molecule has 218 valence electrons. The van der Waals surface area contributed by atoms with Crippen molar-refractivity contribution in [1.82, 2.24) is 9.88 Å². The van der Waals surface area contributed by atoms with Crippen LogP contribution >= 0.6 is 0 Å². The average molecular weight is 569 g/mol. The van der Waals surface area contributed by atoms with Crippen molar-refractivity contribution in [3.63, 3.8) is 0 Å². The summed E-state index contributed by atoms with van der Waals surface area (Å²) >= 11 is 0. The minimum Gasteiger partial charge on any atom is -0.377 e. The number of ether oxygens (including phenoxy) is 2. The first-order valence-corrected chi connectivity index (χ1v) is 14.6. The third-order valence-electron chi connectivity index (χ3n) is 8.77. The van der Waals surface area contributed by atoms with Crippen molar-refractivity contribution in [3.8, 4) is 0 Å².